The molecule has 1 amide bonds. The van der Waals surface area contributed by atoms with Crippen LogP contribution in [0.2, 0.25) is 0 Å². The van der Waals surface area contributed by atoms with E-state index in [1.807, 2.05) is 36.4 Å². The van der Waals surface area contributed by atoms with Gasteiger partial charge in [-0.3, -0.25) is 4.79 Å². The van der Waals surface area contributed by atoms with Gasteiger partial charge in [-0.2, -0.15) is 5.10 Å². The van der Waals surface area contributed by atoms with Gasteiger partial charge < -0.3 is 9.84 Å². The van der Waals surface area contributed by atoms with Crippen LogP contribution in [0.25, 0.3) is 10.8 Å². The summed E-state index contributed by atoms with van der Waals surface area (Å²) in [6.07, 6.45) is 1.71. The summed E-state index contributed by atoms with van der Waals surface area (Å²) in [4.78, 5) is 12.3. The third-order valence-electron chi connectivity index (χ3n) is 3.99. The van der Waals surface area contributed by atoms with E-state index in [2.05, 4.69) is 42.4 Å². The average molecular weight is 492 g/mol. The normalized spacial score (nSPS) is 11.1. The molecule has 0 heterocycles. The van der Waals surface area contributed by atoms with E-state index in [1.165, 1.54) is 13.3 Å². The van der Waals surface area contributed by atoms with Crippen molar-refractivity contribution in [1.29, 1.82) is 0 Å². The molecule has 0 radical (unpaired) electrons. The smallest absolute Gasteiger partial charge is 0.244 e. The van der Waals surface area contributed by atoms with Crippen molar-refractivity contribution in [3.8, 4) is 11.5 Å². The van der Waals surface area contributed by atoms with Crippen LogP contribution in [-0.4, -0.2) is 24.3 Å². The summed E-state index contributed by atoms with van der Waals surface area (Å²) >= 11 is 6.78. The Bertz CT molecular complexity index is 1040. The van der Waals surface area contributed by atoms with Gasteiger partial charge in [-0.25, -0.2) is 5.43 Å². The molecular formula is C20H16Br2N2O3. The number of ether oxygens (including phenoxy) is 1. The van der Waals surface area contributed by atoms with Gasteiger partial charge in [0, 0.05) is 4.47 Å². The monoisotopic (exact) mass is 490 g/mol. The highest BCUT2D eigenvalue weighted by Gasteiger charge is 2.09. The maximum absolute atomic E-state index is 12.3. The molecule has 3 aromatic rings. The van der Waals surface area contributed by atoms with Gasteiger partial charge in [0.25, 0.3) is 0 Å². The fourth-order valence-electron chi connectivity index (χ4n) is 2.69. The first-order valence-corrected chi connectivity index (χ1v) is 9.62. The third kappa shape index (κ3) is 4.48. The van der Waals surface area contributed by atoms with E-state index in [9.17, 15) is 9.90 Å². The van der Waals surface area contributed by atoms with Gasteiger partial charge in [0.05, 0.1) is 24.2 Å². The first-order chi connectivity index (χ1) is 13.0. The first-order valence-electron chi connectivity index (χ1n) is 8.04. The molecule has 7 heteroatoms. The standard InChI is InChI=1S/C20H16Br2N2O3/c1-27-18-9-12(8-17(22)20(18)26)11-23-24-19(25)10-13-6-7-16(21)15-5-3-2-4-14(13)15/h2-9,11,26H,10H2,1H3,(H,24,25). The molecule has 0 saturated heterocycles. The number of nitrogens with one attached hydrogen (secondary N) is 1. The molecular weight excluding hydrogens is 476 g/mol. The number of phenols is 1. The molecule has 0 bridgehead atoms. The van der Waals surface area contributed by atoms with Gasteiger partial charge in [0.1, 0.15) is 0 Å². The van der Waals surface area contributed by atoms with Crippen molar-refractivity contribution in [2.75, 3.05) is 7.11 Å². The van der Waals surface area contributed by atoms with Crippen molar-refractivity contribution in [2.24, 2.45) is 5.10 Å². The zero-order valence-electron chi connectivity index (χ0n) is 14.4. The summed E-state index contributed by atoms with van der Waals surface area (Å²) in [6.45, 7) is 0. The Hall–Kier alpha value is -2.38. The molecule has 0 aliphatic heterocycles. The van der Waals surface area contributed by atoms with Crippen molar-refractivity contribution in [1.82, 2.24) is 5.43 Å². The molecule has 0 atom stereocenters. The van der Waals surface area contributed by atoms with Crippen LogP contribution >= 0.6 is 31.9 Å². The Labute approximate surface area is 173 Å². The van der Waals surface area contributed by atoms with Crippen LogP contribution in [0.5, 0.6) is 11.5 Å². The van der Waals surface area contributed by atoms with Crippen molar-refractivity contribution >= 4 is 54.8 Å². The molecule has 0 fully saturated rings. The fraction of sp³-hybridized carbons (Fsp3) is 0.100. The van der Waals surface area contributed by atoms with Crippen LogP contribution in [-0.2, 0) is 11.2 Å². The highest BCUT2D eigenvalue weighted by atomic mass is 79.9. The molecule has 0 unspecified atom stereocenters. The van der Waals surface area contributed by atoms with Gasteiger partial charge in [-0.15, -0.1) is 0 Å². The molecule has 0 aliphatic rings. The molecule has 0 aliphatic carbocycles. The second-order valence-corrected chi connectivity index (χ2v) is 7.48. The summed E-state index contributed by atoms with van der Waals surface area (Å²) in [7, 11) is 1.47. The average Bonchev–Trinajstić information content (AvgIpc) is 2.67. The molecule has 0 aromatic heterocycles. The second-order valence-electron chi connectivity index (χ2n) is 5.78. The van der Waals surface area contributed by atoms with E-state index < -0.39 is 0 Å². The summed E-state index contributed by atoms with van der Waals surface area (Å²) in [5.74, 6) is 0.114. The number of hydrogen-bond acceptors (Lipinski definition) is 4. The number of benzene rings is 3. The molecule has 2 N–H and O–H groups in total. The van der Waals surface area contributed by atoms with Crippen molar-refractivity contribution in [2.45, 2.75) is 6.42 Å². The van der Waals surface area contributed by atoms with Gasteiger partial charge in [-0.05, 0) is 56.0 Å². The molecule has 0 saturated carbocycles. The second kappa shape index (κ2) is 8.54. The maximum Gasteiger partial charge on any atom is 0.244 e. The van der Waals surface area contributed by atoms with Crippen LogP contribution in [0.4, 0.5) is 0 Å². The highest BCUT2D eigenvalue weighted by Crippen LogP contribution is 2.34. The van der Waals surface area contributed by atoms with Crippen LogP contribution < -0.4 is 10.2 Å². The predicted octanol–water partition coefficient (Wildman–Crippen LogP) is 4.77. The zero-order chi connectivity index (χ0) is 19.4. The number of halogens is 2. The number of hydrogen-bond donors (Lipinski definition) is 2. The number of aromatic hydroxyl groups is 1. The van der Waals surface area contributed by atoms with Crippen molar-refractivity contribution in [3.63, 3.8) is 0 Å². The molecule has 3 rings (SSSR count). The number of carbonyl (C=O) groups is 1. The number of amides is 1. The highest BCUT2D eigenvalue weighted by molar-refractivity contribution is 9.11. The van der Waals surface area contributed by atoms with Gasteiger partial charge >= 0.3 is 0 Å². The SMILES string of the molecule is COc1cc(C=NNC(=O)Cc2ccc(Br)c3ccccc23)cc(Br)c1O. The van der Waals surface area contributed by atoms with Crippen molar-refractivity contribution in [3.05, 3.63) is 68.6 Å². The summed E-state index contributed by atoms with van der Waals surface area (Å²) in [6, 6.07) is 15.1. The van der Waals surface area contributed by atoms with Crippen molar-refractivity contribution < 1.29 is 14.6 Å². The summed E-state index contributed by atoms with van der Waals surface area (Å²) < 4.78 is 6.57. The molecule has 27 heavy (non-hydrogen) atoms. The van der Waals surface area contributed by atoms with Gasteiger partial charge in [-0.1, -0.05) is 46.3 Å². The predicted molar refractivity (Wildman–Crippen MR) is 113 cm³/mol. The number of fused-ring (bicyclic) bond motifs is 1. The Kier molecular flexibility index (Phi) is 6.13. The van der Waals surface area contributed by atoms with E-state index in [1.54, 1.807) is 12.1 Å². The summed E-state index contributed by atoms with van der Waals surface area (Å²) in [5.41, 5.74) is 4.13. The van der Waals surface area contributed by atoms with Gasteiger partial charge in [0.2, 0.25) is 5.91 Å². The van der Waals surface area contributed by atoms with Crippen LogP contribution in [0, 0.1) is 0 Å². The Morgan fingerprint density at radius 1 is 1.15 bits per heavy atom. The lowest BCUT2D eigenvalue weighted by Crippen LogP contribution is -2.19. The van der Waals surface area contributed by atoms with E-state index in [-0.39, 0.29) is 18.1 Å². The molecule has 0 spiro atoms. The molecule has 138 valence electrons. The third-order valence-corrected chi connectivity index (χ3v) is 5.28. The van der Waals surface area contributed by atoms with Crippen LogP contribution in [0.3, 0.4) is 0 Å². The first kappa shape index (κ1) is 19.4. The largest absolute Gasteiger partial charge is 0.503 e. The number of hydrazone groups is 1. The Morgan fingerprint density at radius 2 is 1.89 bits per heavy atom. The topological polar surface area (TPSA) is 70.9 Å². The number of carbonyl (C=O) groups excluding carboxylic acids is 1. The number of phenolic OH excluding ortho intramolecular Hbond substituents is 1. The number of methoxy groups -OCH3 is 1. The van der Waals surface area contributed by atoms with E-state index in [0.717, 1.165) is 20.8 Å². The summed E-state index contributed by atoms with van der Waals surface area (Å²) in [5, 5.41) is 15.9. The quantitative estimate of drug-likeness (QED) is 0.399. The lowest BCUT2D eigenvalue weighted by atomic mass is 10.0. The molecule has 5 nitrogen and oxygen atoms in total. The zero-order valence-corrected chi connectivity index (χ0v) is 17.5. The lowest BCUT2D eigenvalue weighted by molar-refractivity contribution is -0.120. The minimum atomic E-state index is -0.219. The minimum Gasteiger partial charge on any atom is -0.503 e. The Morgan fingerprint density at radius 3 is 2.63 bits per heavy atom. The number of rotatable bonds is 5. The van der Waals surface area contributed by atoms with Crippen LogP contribution in [0.1, 0.15) is 11.1 Å². The fourth-order valence-corrected chi connectivity index (χ4v) is 3.63. The number of nitrogens with zero attached hydrogens (tertiary/aromatic N) is 1. The minimum absolute atomic E-state index is 0.0146. The van der Waals surface area contributed by atoms with E-state index in [4.69, 9.17) is 4.74 Å². The van der Waals surface area contributed by atoms with E-state index in [0.29, 0.717) is 15.8 Å². The maximum atomic E-state index is 12.3. The molecule has 3 aromatic carbocycles. The lowest BCUT2D eigenvalue weighted by Gasteiger charge is -2.08. The van der Waals surface area contributed by atoms with Gasteiger partial charge in [0.15, 0.2) is 11.5 Å². The van der Waals surface area contributed by atoms with Crippen LogP contribution in [0.15, 0.2) is 62.6 Å². The Balaban J connectivity index is 1.71. The van der Waals surface area contributed by atoms with E-state index >= 15 is 0 Å².